The van der Waals surface area contributed by atoms with E-state index in [0.29, 0.717) is 35.3 Å². The zero-order valence-corrected chi connectivity index (χ0v) is 20.2. The number of rotatable bonds is 12. The number of alkyl halides is 3. The standard InChI is InChI=1S/C20H31N5O3.C2HF3O2/c1-5-9-18(26)22-15-10-11-16(17(14-15)27-4)19-23-24-20(28-19)21-12-8-13-25(6-2)7-3;3-2(4,5)1(6)7/h10-11,14H,5-9,12-13H2,1-4H3,(H,21,24)(H,22,26);(H,6,7). The fourth-order valence-corrected chi connectivity index (χ4v) is 2.84. The van der Waals surface area contributed by atoms with Gasteiger partial charge in [0.15, 0.2) is 0 Å². The first-order valence-electron chi connectivity index (χ1n) is 11.1. The lowest BCUT2D eigenvalue weighted by atomic mass is 10.1. The average Bonchev–Trinajstić information content (AvgIpc) is 3.27. The van der Waals surface area contributed by atoms with Crippen LogP contribution >= 0.6 is 0 Å². The van der Waals surface area contributed by atoms with Gasteiger partial charge in [0.1, 0.15) is 5.75 Å². The predicted molar refractivity (Wildman–Crippen MR) is 124 cm³/mol. The van der Waals surface area contributed by atoms with Crippen molar-refractivity contribution in [2.24, 2.45) is 0 Å². The Kier molecular flexibility index (Phi) is 12.6. The third-order valence-corrected chi connectivity index (χ3v) is 4.68. The maximum absolute atomic E-state index is 11.8. The van der Waals surface area contributed by atoms with Crippen LogP contribution in [0, 0.1) is 0 Å². The van der Waals surface area contributed by atoms with Crippen molar-refractivity contribution in [1.29, 1.82) is 0 Å². The molecule has 13 heteroatoms. The summed E-state index contributed by atoms with van der Waals surface area (Å²) >= 11 is 0. The summed E-state index contributed by atoms with van der Waals surface area (Å²) in [5, 5.41) is 21.3. The van der Waals surface area contributed by atoms with Crippen molar-refractivity contribution in [2.75, 3.05) is 43.9 Å². The van der Waals surface area contributed by atoms with Crippen LogP contribution in [0.1, 0.15) is 40.0 Å². The van der Waals surface area contributed by atoms with Crippen LogP contribution in [0.4, 0.5) is 24.9 Å². The van der Waals surface area contributed by atoms with E-state index >= 15 is 0 Å². The van der Waals surface area contributed by atoms with E-state index in [0.717, 1.165) is 39.0 Å². The van der Waals surface area contributed by atoms with E-state index < -0.39 is 12.1 Å². The first kappa shape index (κ1) is 29.7. The Hall–Kier alpha value is -3.35. The predicted octanol–water partition coefficient (Wildman–Crippen LogP) is 4.26. The Balaban J connectivity index is 0.000000762. The van der Waals surface area contributed by atoms with E-state index in [9.17, 15) is 18.0 Å². The summed E-state index contributed by atoms with van der Waals surface area (Å²) in [6, 6.07) is 5.74. The number of carbonyl (C=O) groups excluding carboxylic acids is 1. The first-order valence-corrected chi connectivity index (χ1v) is 11.1. The van der Waals surface area contributed by atoms with E-state index in [1.165, 1.54) is 0 Å². The number of ether oxygens (including phenoxy) is 1. The zero-order chi connectivity index (χ0) is 26.4. The van der Waals surface area contributed by atoms with E-state index in [1.807, 2.05) is 6.92 Å². The molecule has 0 radical (unpaired) electrons. The van der Waals surface area contributed by atoms with E-state index in [2.05, 4.69) is 39.6 Å². The first-order chi connectivity index (χ1) is 16.5. The highest BCUT2D eigenvalue weighted by Gasteiger charge is 2.38. The van der Waals surface area contributed by atoms with Gasteiger partial charge in [-0.3, -0.25) is 4.79 Å². The van der Waals surface area contributed by atoms with Gasteiger partial charge in [-0.05, 0) is 44.6 Å². The molecule has 196 valence electrons. The number of nitrogens with zero attached hydrogens (tertiary/aromatic N) is 3. The van der Waals surface area contributed by atoms with E-state index in [1.54, 1.807) is 25.3 Å². The van der Waals surface area contributed by atoms with Crippen LogP contribution in [0.3, 0.4) is 0 Å². The molecule has 0 spiro atoms. The second-order valence-corrected chi connectivity index (χ2v) is 7.24. The van der Waals surface area contributed by atoms with E-state index in [4.69, 9.17) is 19.1 Å². The van der Waals surface area contributed by atoms with Crippen LogP contribution in [0.15, 0.2) is 22.6 Å². The molecule has 1 aromatic heterocycles. The number of amides is 1. The number of hydrogen-bond acceptors (Lipinski definition) is 8. The van der Waals surface area contributed by atoms with Gasteiger partial charge in [-0.2, -0.15) is 13.2 Å². The SMILES string of the molecule is CCCC(=O)Nc1ccc(-c2nnc(NCCCN(CC)CC)o2)c(OC)c1.O=C(O)C(F)(F)F. The number of nitrogens with one attached hydrogen (secondary N) is 2. The monoisotopic (exact) mass is 503 g/mol. The number of benzene rings is 1. The Labute approximate surface area is 201 Å². The summed E-state index contributed by atoms with van der Waals surface area (Å²) in [4.78, 5) is 23.0. The number of carbonyl (C=O) groups is 2. The number of methoxy groups -OCH3 is 1. The maximum Gasteiger partial charge on any atom is 0.490 e. The third-order valence-electron chi connectivity index (χ3n) is 4.68. The molecule has 2 aromatic rings. The van der Waals surface area contributed by atoms with Gasteiger partial charge < -0.3 is 29.8 Å². The fourth-order valence-electron chi connectivity index (χ4n) is 2.84. The van der Waals surface area contributed by atoms with Gasteiger partial charge in [-0.1, -0.05) is 25.9 Å². The van der Waals surface area contributed by atoms with Crippen LogP contribution in [0.2, 0.25) is 0 Å². The molecule has 1 heterocycles. The minimum absolute atomic E-state index is 0.0220. The summed E-state index contributed by atoms with van der Waals surface area (Å²) in [6.07, 6.45) is -2.81. The zero-order valence-electron chi connectivity index (χ0n) is 20.2. The van der Waals surface area contributed by atoms with Gasteiger partial charge in [-0.15, -0.1) is 5.10 Å². The molecule has 0 bridgehead atoms. The highest BCUT2D eigenvalue weighted by Crippen LogP contribution is 2.32. The van der Waals surface area contributed by atoms with Crippen molar-refractivity contribution in [3.05, 3.63) is 18.2 Å². The summed E-state index contributed by atoms with van der Waals surface area (Å²) in [7, 11) is 1.57. The molecular weight excluding hydrogens is 471 g/mol. The Bertz CT molecular complexity index is 932. The molecule has 0 aliphatic heterocycles. The topological polar surface area (TPSA) is 130 Å². The number of carboxylic acid groups (broad SMARTS) is 1. The van der Waals surface area contributed by atoms with Crippen molar-refractivity contribution >= 4 is 23.6 Å². The summed E-state index contributed by atoms with van der Waals surface area (Å²) in [6.45, 7) is 10.2. The van der Waals surface area contributed by atoms with E-state index in [-0.39, 0.29) is 5.91 Å². The highest BCUT2D eigenvalue weighted by molar-refractivity contribution is 5.91. The molecule has 0 unspecified atom stereocenters. The minimum Gasteiger partial charge on any atom is -0.496 e. The van der Waals surface area contributed by atoms with Crippen LogP contribution < -0.4 is 15.4 Å². The van der Waals surface area contributed by atoms with Gasteiger partial charge in [0.25, 0.3) is 5.89 Å². The Morgan fingerprint density at radius 3 is 2.37 bits per heavy atom. The molecule has 2 rings (SSSR count). The Morgan fingerprint density at radius 1 is 1.17 bits per heavy atom. The van der Waals surface area contributed by atoms with Gasteiger partial charge in [-0.25, -0.2) is 4.79 Å². The lowest BCUT2D eigenvalue weighted by Gasteiger charge is -2.17. The summed E-state index contributed by atoms with van der Waals surface area (Å²) in [5.41, 5.74) is 1.35. The highest BCUT2D eigenvalue weighted by atomic mass is 19.4. The molecule has 0 aliphatic rings. The van der Waals surface area contributed by atoms with Crippen molar-refractivity contribution in [3.8, 4) is 17.2 Å². The number of hydrogen-bond donors (Lipinski definition) is 3. The van der Waals surface area contributed by atoms with Crippen LogP contribution in [0.5, 0.6) is 5.75 Å². The van der Waals surface area contributed by atoms with Crippen molar-refractivity contribution < 1.29 is 37.0 Å². The lowest BCUT2D eigenvalue weighted by Crippen LogP contribution is -2.25. The van der Waals surface area contributed by atoms with Gasteiger partial charge in [0.05, 0.1) is 12.7 Å². The van der Waals surface area contributed by atoms with Crippen LogP contribution in [0.25, 0.3) is 11.5 Å². The normalized spacial score (nSPS) is 11.0. The van der Waals surface area contributed by atoms with Crippen LogP contribution in [-0.2, 0) is 9.59 Å². The molecule has 0 saturated carbocycles. The summed E-state index contributed by atoms with van der Waals surface area (Å²) < 4.78 is 42.9. The molecule has 35 heavy (non-hydrogen) atoms. The van der Waals surface area contributed by atoms with Crippen molar-refractivity contribution in [3.63, 3.8) is 0 Å². The van der Waals surface area contributed by atoms with Crippen molar-refractivity contribution in [2.45, 2.75) is 46.2 Å². The number of halogens is 3. The number of aromatic nitrogens is 2. The molecular formula is C22H32F3N5O5. The quantitative estimate of drug-likeness (QED) is 0.364. The molecule has 0 fully saturated rings. The number of carboxylic acids is 1. The molecule has 0 aliphatic carbocycles. The Morgan fingerprint density at radius 2 is 1.83 bits per heavy atom. The largest absolute Gasteiger partial charge is 0.496 e. The smallest absolute Gasteiger partial charge is 0.490 e. The molecule has 10 nitrogen and oxygen atoms in total. The van der Waals surface area contributed by atoms with Gasteiger partial charge in [0.2, 0.25) is 5.91 Å². The van der Waals surface area contributed by atoms with Crippen LogP contribution in [-0.4, -0.2) is 71.5 Å². The third kappa shape index (κ3) is 10.6. The average molecular weight is 504 g/mol. The second-order valence-electron chi connectivity index (χ2n) is 7.24. The molecule has 1 aromatic carbocycles. The molecule has 3 N–H and O–H groups in total. The second kappa shape index (κ2) is 14.8. The number of anilines is 2. The minimum atomic E-state index is -5.08. The molecule has 1 amide bonds. The molecule has 0 saturated heterocycles. The maximum atomic E-state index is 11.8. The lowest BCUT2D eigenvalue weighted by molar-refractivity contribution is -0.192. The van der Waals surface area contributed by atoms with Crippen molar-refractivity contribution in [1.82, 2.24) is 15.1 Å². The molecule has 0 atom stereocenters. The fraction of sp³-hybridized carbons (Fsp3) is 0.545. The number of aliphatic carboxylic acids is 1. The summed E-state index contributed by atoms with van der Waals surface area (Å²) in [5.74, 6) is -1.85. The van der Waals surface area contributed by atoms with Gasteiger partial charge >= 0.3 is 18.2 Å². The van der Waals surface area contributed by atoms with Gasteiger partial charge in [0, 0.05) is 24.7 Å².